The van der Waals surface area contributed by atoms with Gasteiger partial charge in [-0.05, 0) is 31.0 Å². The largest absolute Gasteiger partial charge is 0.346 e. The summed E-state index contributed by atoms with van der Waals surface area (Å²) in [6.07, 6.45) is 8.97. The molecule has 1 saturated heterocycles. The van der Waals surface area contributed by atoms with Gasteiger partial charge < -0.3 is 9.88 Å². The van der Waals surface area contributed by atoms with Crippen molar-refractivity contribution in [1.29, 1.82) is 5.26 Å². The number of nitrogens with zero attached hydrogens (tertiary/aromatic N) is 7. The van der Waals surface area contributed by atoms with Crippen molar-refractivity contribution in [2.24, 2.45) is 0 Å². The monoisotopic (exact) mass is 502 g/mol. The van der Waals surface area contributed by atoms with Crippen molar-refractivity contribution in [3.8, 4) is 17.3 Å². The molecule has 1 saturated carbocycles. The Balaban J connectivity index is 1.12. The summed E-state index contributed by atoms with van der Waals surface area (Å²) < 4.78 is 29.0. The van der Waals surface area contributed by atoms with E-state index in [1.54, 1.807) is 11.1 Å². The highest BCUT2D eigenvalue weighted by Crippen LogP contribution is 2.45. The lowest BCUT2D eigenvalue weighted by Crippen LogP contribution is -2.60. The minimum Gasteiger partial charge on any atom is -0.346 e. The van der Waals surface area contributed by atoms with Crippen molar-refractivity contribution in [2.45, 2.75) is 30.8 Å². The number of carbonyl (C=O) groups is 1. The van der Waals surface area contributed by atoms with Crippen LogP contribution < -0.4 is 0 Å². The smallest absolute Gasteiger partial charge is 0.254 e. The molecular weight excluding hydrogens is 478 g/mol. The number of benzene rings is 1. The lowest BCUT2D eigenvalue weighted by atomic mass is 9.70. The fraction of sp³-hybridized carbons (Fsp3) is 0.346. The first kappa shape index (κ1) is 23.2. The Morgan fingerprint density at radius 1 is 1.14 bits per heavy atom. The van der Waals surface area contributed by atoms with E-state index < -0.39 is 17.2 Å². The number of hydrogen-bond donors (Lipinski definition) is 1. The summed E-state index contributed by atoms with van der Waals surface area (Å²) in [5, 5.41) is 15.1. The van der Waals surface area contributed by atoms with Crippen LogP contribution in [0.15, 0.2) is 49.2 Å². The molecule has 0 unspecified atom stereocenters. The number of carbonyl (C=O) groups excluding carboxylic acids is 1. The second kappa shape index (κ2) is 9.05. The van der Waals surface area contributed by atoms with Gasteiger partial charge in [0.05, 0.1) is 29.9 Å². The molecule has 37 heavy (non-hydrogen) atoms. The van der Waals surface area contributed by atoms with Crippen LogP contribution in [-0.2, 0) is 5.54 Å². The first-order chi connectivity index (χ1) is 18.0. The summed E-state index contributed by atoms with van der Waals surface area (Å²) in [5.41, 5.74) is 2.05. The molecule has 6 rings (SSSR count). The van der Waals surface area contributed by atoms with Gasteiger partial charge in [0, 0.05) is 67.2 Å². The van der Waals surface area contributed by atoms with Crippen LogP contribution in [0.25, 0.3) is 22.3 Å². The van der Waals surface area contributed by atoms with Gasteiger partial charge in [-0.15, -0.1) is 0 Å². The molecule has 0 radical (unpaired) electrons. The first-order valence-electron chi connectivity index (χ1n) is 12.2. The molecule has 4 aromatic rings. The van der Waals surface area contributed by atoms with Crippen molar-refractivity contribution in [2.75, 3.05) is 26.2 Å². The normalized spacial score (nSPS) is 22.1. The van der Waals surface area contributed by atoms with Crippen LogP contribution in [-0.4, -0.2) is 72.7 Å². The molecule has 0 spiro atoms. The molecule has 1 amide bonds. The number of rotatable bonds is 5. The lowest BCUT2D eigenvalue weighted by molar-refractivity contribution is -0.0158. The topological polar surface area (TPSA) is 107 Å². The first-order valence-corrected chi connectivity index (χ1v) is 12.2. The molecule has 2 fully saturated rings. The number of aromatic amines is 1. The van der Waals surface area contributed by atoms with Crippen LogP contribution in [0.4, 0.5) is 8.78 Å². The molecule has 3 aromatic heterocycles. The predicted octanol–water partition coefficient (Wildman–Crippen LogP) is 3.33. The van der Waals surface area contributed by atoms with Crippen molar-refractivity contribution in [3.63, 3.8) is 0 Å². The molecule has 1 N–H and O–H groups in total. The molecule has 0 atom stereocenters. The molecule has 188 valence electrons. The predicted molar refractivity (Wildman–Crippen MR) is 130 cm³/mol. The van der Waals surface area contributed by atoms with E-state index in [0.29, 0.717) is 32.6 Å². The molecule has 1 aromatic carbocycles. The minimum atomic E-state index is -0.760. The van der Waals surface area contributed by atoms with Gasteiger partial charge in [-0.2, -0.15) is 10.4 Å². The fourth-order valence-corrected chi connectivity index (χ4v) is 5.59. The number of H-pyrrole nitrogens is 1. The number of amides is 1. The Hall–Kier alpha value is -4.17. The molecule has 1 aliphatic heterocycles. The molecule has 1 aliphatic carbocycles. The van der Waals surface area contributed by atoms with Gasteiger partial charge in [0.1, 0.15) is 23.6 Å². The summed E-state index contributed by atoms with van der Waals surface area (Å²) in [4.78, 5) is 28.5. The Morgan fingerprint density at radius 3 is 2.62 bits per heavy atom. The maximum atomic E-state index is 13.5. The van der Waals surface area contributed by atoms with Crippen molar-refractivity contribution >= 4 is 16.9 Å². The third-order valence-electron chi connectivity index (χ3n) is 7.56. The Bertz CT molecular complexity index is 1490. The van der Waals surface area contributed by atoms with E-state index in [1.165, 1.54) is 6.33 Å². The lowest BCUT2D eigenvalue weighted by Gasteiger charge is -2.52. The highest BCUT2D eigenvalue weighted by atomic mass is 19.1. The van der Waals surface area contributed by atoms with E-state index in [1.807, 2.05) is 23.1 Å². The third-order valence-corrected chi connectivity index (χ3v) is 7.56. The van der Waals surface area contributed by atoms with Crippen LogP contribution in [0.2, 0.25) is 0 Å². The summed E-state index contributed by atoms with van der Waals surface area (Å²) >= 11 is 0. The number of aromatic nitrogens is 5. The maximum absolute atomic E-state index is 13.5. The second-order valence-corrected chi connectivity index (χ2v) is 9.74. The standard InChI is InChI=1S/C26H24F2N8O/c27-19-9-17(10-20(28)11-19)25(37)35-7-5-34(6-8-35)21-12-26(13-21,2-3-29)36-15-18(14-33-36)23-22-1-4-30-24(22)32-16-31-23/h1,4,9-11,14-16,21H,2,5-8,12-13H2,(H,30,31,32)/t21-,26+. The Morgan fingerprint density at radius 2 is 1.89 bits per heavy atom. The Kier molecular flexibility index (Phi) is 5.68. The summed E-state index contributed by atoms with van der Waals surface area (Å²) in [7, 11) is 0. The van der Waals surface area contributed by atoms with Crippen molar-refractivity contribution < 1.29 is 13.6 Å². The zero-order valence-electron chi connectivity index (χ0n) is 19.9. The van der Waals surface area contributed by atoms with Gasteiger partial charge in [0.25, 0.3) is 5.91 Å². The number of hydrogen-bond acceptors (Lipinski definition) is 6. The zero-order valence-corrected chi connectivity index (χ0v) is 19.9. The van der Waals surface area contributed by atoms with Crippen molar-refractivity contribution in [3.05, 3.63) is 66.4 Å². The molecule has 9 nitrogen and oxygen atoms in total. The van der Waals surface area contributed by atoms with Gasteiger partial charge in [0.2, 0.25) is 0 Å². The maximum Gasteiger partial charge on any atom is 0.254 e. The van der Waals surface area contributed by atoms with E-state index in [4.69, 9.17) is 0 Å². The summed E-state index contributed by atoms with van der Waals surface area (Å²) in [5.74, 6) is -1.88. The molecular formula is C26H24F2N8O. The average molecular weight is 503 g/mol. The number of nitrogens with one attached hydrogen (secondary N) is 1. The van der Waals surface area contributed by atoms with E-state index in [9.17, 15) is 18.8 Å². The van der Waals surface area contributed by atoms with E-state index >= 15 is 0 Å². The second-order valence-electron chi connectivity index (χ2n) is 9.74. The van der Waals surface area contributed by atoms with Gasteiger partial charge in [-0.1, -0.05) is 0 Å². The fourth-order valence-electron chi connectivity index (χ4n) is 5.59. The average Bonchev–Trinajstić information content (AvgIpc) is 3.55. The van der Waals surface area contributed by atoms with Gasteiger partial charge in [0.15, 0.2) is 0 Å². The summed E-state index contributed by atoms with van der Waals surface area (Å²) in [6.45, 7) is 2.28. The molecule has 0 bridgehead atoms. The zero-order chi connectivity index (χ0) is 25.6. The van der Waals surface area contributed by atoms with Crippen LogP contribution in [0, 0.1) is 23.0 Å². The van der Waals surface area contributed by atoms with Gasteiger partial charge >= 0.3 is 0 Å². The van der Waals surface area contributed by atoms with E-state index in [0.717, 1.165) is 53.3 Å². The van der Waals surface area contributed by atoms with Crippen LogP contribution in [0.1, 0.15) is 29.6 Å². The quantitative estimate of drug-likeness (QED) is 0.449. The van der Waals surface area contributed by atoms with E-state index in [-0.39, 0.29) is 17.5 Å². The molecule has 4 heterocycles. The van der Waals surface area contributed by atoms with Gasteiger partial charge in [-0.3, -0.25) is 14.4 Å². The number of piperazine rings is 1. The van der Waals surface area contributed by atoms with Crippen LogP contribution in [0.3, 0.4) is 0 Å². The molecule has 11 heteroatoms. The third kappa shape index (κ3) is 4.13. The highest BCUT2D eigenvalue weighted by Gasteiger charge is 2.49. The molecule has 2 aliphatic rings. The number of nitriles is 1. The summed E-state index contributed by atoms with van der Waals surface area (Å²) in [6, 6.07) is 7.43. The van der Waals surface area contributed by atoms with Gasteiger partial charge in [-0.25, -0.2) is 18.7 Å². The number of halogens is 2. The van der Waals surface area contributed by atoms with E-state index in [2.05, 4.69) is 31.0 Å². The SMILES string of the molecule is N#CC[C@]1(n2cc(-c3ncnc4[nH]ccc34)cn2)C[C@@H](N2CCN(C(=O)c3cc(F)cc(F)c3)CC2)C1. The number of fused-ring (bicyclic) bond motifs is 1. The van der Waals surface area contributed by atoms with Crippen molar-refractivity contribution in [1.82, 2.24) is 34.5 Å². The van der Waals surface area contributed by atoms with Crippen LogP contribution in [0.5, 0.6) is 0 Å². The minimum absolute atomic E-state index is 0.0257. The highest BCUT2D eigenvalue weighted by molar-refractivity contribution is 5.94. The Labute approximate surface area is 211 Å². The van der Waals surface area contributed by atoms with Crippen LogP contribution >= 0.6 is 0 Å².